The molecular formula is C19H29N3O2. The summed E-state index contributed by atoms with van der Waals surface area (Å²) in [5, 5.41) is 3.05. The van der Waals surface area contributed by atoms with Crippen LogP contribution in [-0.4, -0.2) is 55.7 Å². The number of hydrogen-bond acceptors (Lipinski definition) is 3. The summed E-state index contributed by atoms with van der Waals surface area (Å²) in [6.07, 6.45) is 5.14. The number of likely N-dealkylation sites (tertiary alicyclic amines) is 2. The second-order valence-corrected chi connectivity index (χ2v) is 6.98. The second kappa shape index (κ2) is 8.49. The van der Waals surface area contributed by atoms with Gasteiger partial charge in [0.15, 0.2) is 0 Å². The number of ether oxygens (including phenoxy) is 1. The van der Waals surface area contributed by atoms with Crippen molar-refractivity contribution in [2.45, 2.75) is 32.3 Å². The average molecular weight is 331 g/mol. The maximum absolute atomic E-state index is 12.6. The highest BCUT2D eigenvalue weighted by molar-refractivity contribution is 5.90. The monoisotopic (exact) mass is 331 g/mol. The quantitative estimate of drug-likeness (QED) is 0.901. The maximum atomic E-state index is 12.6. The molecule has 24 heavy (non-hydrogen) atoms. The number of anilines is 1. The first-order chi connectivity index (χ1) is 11.8. The summed E-state index contributed by atoms with van der Waals surface area (Å²) in [5.74, 6) is 0.614. The van der Waals surface area contributed by atoms with Gasteiger partial charge in [0.2, 0.25) is 0 Å². The van der Waals surface area contributed by atoms with Gasteiger partial charge in [0.25, 0.3) is 0 Å². The molecule has 2 aliphatic rings. The minimum absolute atomic E-state index is 0.0136. The molecule has 0 aromatic heterocycles. The summed E-state index contributed by atoms with van der Waals surface area (Å²) in [4.78, 5) is 17.1. The highest BCUT2D eigenvalue weighted by Crippen LogP contribution is 2.22. The molecule has 1 unspecified atom stereocenters. The molecule has 0 aliphatic carbocycles. The molecule has 0 spiro atoms. The molecule has 2 amide bonds. The molecule has 0 saturated carbocycles. The summed E-state index contributed by atoms with van der Waals surface area (Å²) in [6, 6.07) is 7.85. The smallest absolute Gasteiger partial charge is 0.321 e. The summed E-state index contributed by atoms with van der Waals surface area (Å²) in [6.45, 7) is 5.84. The van der Waals surface area contributed by atoms with E-state index in [-0.39, 0.29) is 6.03 Å². The van der Waals surface area contributed by atoms with E-state index < -0.39 is 0 Å². The van der Waals surface area contributed by atoms with Crippen LogP contribution in [0.25, 0.3) is 0 Å². The summed E-state index contributed by atoms with van der Waals surface area (Å²) in [7, 11) is 1.67. The Morgan fingerprint density at radius 3 is 2.79 bits per heavy atom. The van der Waals surface area contributed by atoms with Crippen LogP contribution in [0.5, 0.6) is 0 Å². The van der Waals surface area contributed by atoms with E-state index in [1.165, 1.54) is 32.4 Å². The van der Waals surface area contributed by atoms with E-state index in [0.29, 0.717) is 12.5 Å². The van der Waals surface area contributed by atoms with E-state index in [0.717, 1.165) is 37.3 Å². The minimum Gasteiger partial charge on any atom is -0.380 e. The highest BCUT2D eigenvalue weighted by atomic mass is 16.5. The normalized spacial score (nSPS) is 21.9. The Morgan fingerprint density at radius 1 is 1.21 bits per heavy atom. The van der Waals surface area contributed by atoms with Gasteiger partial charge in [0.05, 0.1) is 6.61 Å². The van der Waals surface area contributed by atoms with Crippen molar-refractivity contribution in [3.63, 3.8) is 0 Å². The topological polar surface area (TPSA) is 44.8 Å². The maximum Gasteiger partial charge on any atom is 0.321 e. The molecule has 2 saturated heterocycles. The van der Waals surface area contributed by atoms with Crippen LogP contribution in [0.3, 0.4) is 0 Å². The van der Waals surface area contributed by atoms with Crippen molar-refractivity contribution >= 4 is 11.7 Å². The number of rotatable bonds is 5. The third-order valence-corrected chi connectivity index (χ3v) is 5.10. The van der Waals surface area contributed by atoms with Crippen molar-refractivity contribution in [2.24, 2.45) is 5.92 Å². The predicted molar refractivity (Wildman–Crippen MR) is 96.1 cm³/mol. The van der Waals surface area contributed by atoms with Crippen molar-refractivity contribution in [3.05, 3.63) is 29.8 Å². The van der Waals surface area contributed by atoms with Crippen LogP contribution in [-0.2, 0) is 11.3 Å². The number of carbonyl (C=O) groups excluding carboxylic acids is 1. The van der Waals surface area contributed by atoms with E-state index in [2.05, 4.69) is 10.2 Å². The van der Waals surface area contributed by atoms with Gasteiger partial charge in [-0.1, -0.05) is 24.6 Å². The Hall–Kier alpha value is -1.59. The van der Waals surface area contributed by atoms with Crippen LogP contribution >= 0.6 is 0 Å². The van der Waals surface area contributed by atoms with Crippen LogP contribution in [0.15, 0.2) is 24.3 Å². The fourth-order valence-electron chi connectivity index (χ4n) is 3.79. The third-order valence-electron chi connectivity index (χ3n) is 5.10. The van der Waals surface area contributed by atoms with E-state index in [4.69, 9.17) is 4.74 Å². The summed E-state index contributed by atoms with van der Waals surface area (Å²) >= 11 is 0. The van der Waals surface area contributed by atoms with Crippen molar-refractivity contribution in [3.8, 4) is 0 Å². The Morgan fingerprint density at radius 2 is 2.00 bits per heavy atom. The summed E-state index contributed by atoms with van der Waals surface area (Å²) < 4.78 is 5.21. The lowest BCUT2D eigenvalue weighted by atomic mass is 10.1. The largest absolute Gasteiger partial charge is 0.380 e. The molecule has 2 heterocycles. The van der Waals surface area contributed by atoms with Gasteiger partial charge in [-0.3, -0.25) is 0 Å². The third kappa shape index (κ3) is 4.48. The standard InChI is InChI=1S/C19H29N3O2/c1-24-15-17-7-3-4-8-18(17)20-19(23)22-12-9-16(14-22)13-21-10-5-2-6-11-21/h3-4,7-8,16H,2,5-6,9-15H2,1H3,(H,20,23). The second-order valence-electron chi connectivity index (χ2n) is 6.98. The molecule has 1 atom stereocenters. The Kier molecular flexibility index (Phi) is 6.10. The molecule has 1 aromatic rings. The molecule has 1 N–H and O–H groups in total. The molecule has 0 bridgehead atoms. The minimum atomic E-state index is 0.0136. The Labute approximate surface area is 145 Å². The van der Waals surface area contributed by atoms with Crippen molar-refractivity contribution in [1.29, 1.82) is 0 Å². The first-order valence-electron chi connectivity index (χ1n) is 9.11. The van der Waals surface area contributed by atoms with Crippen LogP contribution < -0.4 is 5.32 Å². The number of para-hydroxylation sites is 1. The number of benzene rings is 1. The van der Waals surface area contributed by atoms with Crippen LogP contribution in [0.2, 0.25) is 0 Å². The van der Waals surface area contributed by atoms with Gasteiger partial charge in [-0.15, -0.1) is 0 Å². The van der Waals surface area contributed by atoms with Gasteiger partial charge in [-0.2, -0.15) is 0 Å². The van der Waals surface area contributed by atoms with Gasteiger partial charge in [0.1, 0.15) is 0 Å². The molecule has 3 rings (SSSR count). The van der Waals surface area contributed by atoms with E-state index in [1.54, 1.807) is 7.11 Å². The van der Waals surface area contributed by atoms with Crippen LogP contribution in [0.4, 0.5) is 10.5 Å². The first kappa shape index (κ1) is 17.2. The number of carbonyl (C=O) groups is 1. The van der Waals surface area contributed by atoms with Gasteiger partial charge in [-0.05, 0) is 44.3 Å². The van der Waals surface area contributed by atoms with Gasteiger partial charge in [0, 0.05) is 38.0 Å². The molecular weight excluding hydrogens is 302 g/mol. The zero-order valence-corrected chi connectivity index (χ0v) is 14.7. The fourth-order valence-corrected chi connectivity index (χ4v) is 3.79. The van der Waals surface area contributed by atoms with Crippen LogP contribution in [0.1, 0.15) is 31.2 Å². The van der Waals surface area contributed by atoms with E-state index in [1.807, 2.05) is 29.2 Å². The number of amides is 2. The molecule has 2 aliphatic heterocycles. The van der Waals surface area contributed by atoms with Crippen molar-refractivity contribution in [2.75, 3.05) is 45.2 Å². The SMILES string of the molecule is COCc1ccccc1NC(=O)N1CCC(CN2CCCCC2)C1. The molecule has 1 aromatic carbocycles. The average Bonchev–Trinajstić information content (AvgIpc) is 3.06. The highest BCUT2D eigenvalue weighted by Gasteiger charge is 2.28. The lowest BCUT2D eigenvalue weighted by Crippen LogP contribution is -2.37. The van der Waals surface area contributed by atoms with E-state index in [9.17, 15) is 4.79 Å². The number of urea groups is 1. The molecule has 5 heteroatoms. The van der Waals surface area contributed by atoms with E-state index >= 15 is 0 Å². The zero-order valence-electron chi connectivity index (χ0n) is 14.7. The van der Waals surface area contributed by atoms with Gasteiger partial charge in [-0.25, -0.2) is 4.79 Å². The zero-order chi connectivity index (χ0) is 16.8. The molecule has 132 valence electrons. The van der Waals surface area contributed by atoms with Crippen molar-refractivity contribution in [1.82, 2.24) is 9.80 Å². The first-order valence-corrected chi connectivity index (χ1v) is 9.11. The Bertz CT molecular complexity index is 543. The Balaban J connectivity index is 1.51. The van der Waals surface area contributed by atoms with Gasteiger partial charge < -0.3 is 19.9 Å². The van der Waals surface area contributed by atoms with Crippen molar-refractivity contribution < 1.29 is 9.53 Å². The summed E-state index contributed by atoms with van der Waals surface area (Å²) in [5.41, 5.74) is 1.86. The number of nitrogens with zero attached hydrogens (tertiary/aromatic N) is 2. The fraction of sp³-hybridized carbons (Fsp3) is 0.632. The number of nitrogens with one attached hydrogen (secondary N) is 1. The van der Waals surface area contributed by atoms with Gasteiger partial charge >= 0.3 is 6.03 Å². The molecule has 0 radical (unpaired) electrons. The number of hydrogen-bond donors (Lipinski definition) is 1. The number of piperidine rings is 1. The lowest BCUT2D eigenvalue weighted by Gasteiger charge is -2.29. The molecule has 2 fully saturated rings. The number of methoxy groups -OCH3 is 1. The predicted octanol–water partition coefficient (Wildman–Crippen LogP) is 3.17. The molecule has 5 nitrogen and oxygen atoms in total. The lowest BCUT2D eigenvalue weighted by molar-refractivity contribution is 0.185. The van der Waals surface area contributed by atoms with Crippen LogP contribution in [0, 0.1) is 5.92 Å².